The number of rotatable bonds is 7. The molecule has 3 rings (SSSR count). The molecule has 152 valence electrons. The molecule has 7 heteroatoms. The predicted molar refractivity (Wildman–Crippen MR) is 117 cm³/mol. The number of likely N-dealkylation sites (N-methyl/N-ethyl adjacent to an activating group) is 1. The molecule has 0 spiro atoms. The van der Waals surface area contributed by atoms with Crippen molar-refractivity contribution in [2.45, 2.75) is 32.4 Å². The van der Waals surface area contributed by atoms with Crippen molar-refractivity contribution < 1.29 is 9.64 Å². The second-order valence-electron chi connectivity index (χ2n) is 7.91. The number of nitrogens with one attached hydrogen (secondary N) is 3. The minimum atomic E-state index is -0.0535. The Bertz CT molecular complexity index is 874. The Morgan fingerprint density at radius 1 is 1.39 bits per heavy atom. The Morgan fingerprint density at radius 2 is 2.21 bits per heavy atom. The minimum absolute atomic E-state index is 0.0535. The van der Waals surface area contributed by atoms with Crippen molar-refractivity contribution in [3.63, 3.8) is 0 Å². The van der Waals surface area contributed by atoms with E-state index in [0.717, 1.165) is 61.1 Å². The van der Waals surface area contributed by atoms with Gasteiger partial charge in [-0.1, -0.05) is 12.1 Å². The van der Waals surface area contributed by atoms with Gasteiger partial charge in [0.1, 0.15) is 0 Å². The average Bonchev–Trinajstić information content (AvgIpc) is 3.17. The highest BCUT2D eigenvalue weighted by molar-refractivity contribution is 7.80. The molecule has 1 aliphatic rings. The molecule has 1 aromatic carbocycles. The third-order valence-corrected chi connectivity index (χ3v) is 5.52. The van der Waals surface area contributed by atoms with Crippen LogP contribution in [0.3, 0.4) is 0 Å². The fourth-order valence-corrected chi connectivity index (χ4v) is 3.65. The molecule has 28 heavy (non-hydrogen) atoms. The van der Waals surface area contributed by atoms with Crippen LogP contribution >= 0.6 is 12.2 Å². The van der Waals surface area contributed by atoms with Crippen molar-refractivity contribution in [2.75, 3.05) is 40.3 Å². The van der Waals surface area contributed by atoms with E-state index in [1.165, 1.54) is 4.90 Å². The lowest BCUT2D eigenvalue weighted by atomic mass is 10.1. The summed E-state index contributed by atoms with van der Waals surface area (Å²) in [5.41, 5.74) is 2.68. The zero-order valence-electron chi connectivity index (χ0n) is 17.0. The number of aryl methyl sites for hydroxylation is 1. The smallest absolute Gasteiger partial charge is 0.253 e. The van der Waals surface area contributed by atoms with Gasteiger partial charge in [-0.2, -0.15) is 0 Å². The second-order valence-corrected chi connectivity index (χ2v) is 8.30. The van der Waals surface area contributed by atoms with E-state index in [2.05, 4.69) is 35.4 Å². The summed E-state index contributed by atoms with van der Waals surface area (Å²) in [5, 5.41) is 5.06. The molecule has 1 aliphatic heterocycles. The molecular weight excluding hydrogens is 372 g/mol. The van der Waals surface area contributed by atoms with Crippen LogP contribution < -0.4 is 15.8 Å². The van der Waals surface area contributed by atoms with Crippen LogP contribution in [0, 0.1) is 6.92 Å². The number of nitrogens with zero attached hydrogens (tertiary/aromatic N) is 1. The largest absolute Gasteiger partial charge is 0.376 e. The topological polar surface area (TPSA) is 61.8 Å². The summed E-state index contributed by atoms with van der Waals surface area (Å²) in [5.74, 6) is 0. The summed E-state index contributed by atoms with van der Waals surface area (Å²) in [6.07, 6.45) is 2.41. The van der Waals surface area contributed by atoms with Gasteiger partial charge in [0.05, 0.1) is 39.8 Å². The Kier molecular flexibility index (Phi) is 7.04. The average molecular weight is 404 g/mol. The number of H-pyrrole nitrogens is 1. The standard InChI is InChI=1S/C21H30N4O2S/c1-15-6-7-16-12-17(20(26)23-19(16)11-15)14-25(9-8-24(2)3)21(28)22-13-18-5-4-10-27-18/h6-7,11-12,18H,4-5,8-10,13-14H2,1-3H3,(H,22,28)(H,23,26)/p+1/t18-/m1/s1. The molecule has 2 heterocycles. The lowest BCUT2D eigenvalue weighted by Gasteiger charge is -2.27. The SMILES string of the molecule is Cc1ccc2cc(CN(CC[NH+](C)C)C(=S)NC[C@H]3CCCO3)c(=O)[nH]c2c1. The molecule has 1 atom stereocenters. The Hall–Kier alpha value is -1.96. The lowest BCUT2D eigenvalue weighted by Crippen LogP contribution is -3.06. The van der Waals surface area contributed by atoms with Crippen molar-refractivity contribution in [1.29, 1.82) is 0 Å². The first-order valence-electron chi connectivity index (χ1n) is 9.98. The number of aromatic nitrogens is 1. The molecular formula is C21H31N4O2S+. The first-order chi connectivity index (χ1) is 13.4. The van der Waals surface area contributed by atoms with Crippen LogP contribution in [0.25, 0.3) is 10.9 Å². The lowest BCUT2D eigenvalue weighted by molar-refractivity contribution is -0.857. The minimum Gasteiger partial charge on any atom is -0.376 e. The number of quaternary nitrogens is 1. The summed E-state index contributed by atoms with van der Waals surface area (Å²) in [6.45, 7) is 5.78. The summed E-state index contributed by atoms with van der Waals surface area (Å²) in [4.78, 5) is 19.1. The number of hydrogen-bond acceptors (Lipinski definition) is 3. The number of benzene rings is 1. The van der Waals surface area contributed by atoms with Crippen molar-refractivity contribution in [3.8, 4) is 0 Å². The molecule has 0 saturated carbocycles. The van der Waals surface area contributed by atoms with Crippen LogP contribution in [0.5, 0.6) is 0 Å². The van der Waals surface area contributed by atoms with Gasteiger partial charge in [0.2, 0.25) is 0 Å². The normalized spacial score (nSPS) is 16.6. The number of fused-ring (bicyclic) bond motifs is 1. The van der Waals surface area contributed by atoms with Gasteiger partial charge in [0.15, 0.2) is 5.11 Å². The Labute approximate surface area is 171 Å². The van der Waals surface area contributed by atoms with Crippen molar-refractivity contribution in [2.24, 2.45) is 0 Å². The molecule has 3 N–H and O–H groups in total. The van der Waals surface area contributed by atoms with Gasteiger partial charge in [-0.15, -0.1) is 0 Å². The van der Waals surface area contributed by atoms with E-state index < -0.39 is 0 Å². The zero-order chi connectivity index (χ0) is 20.1. The monoisotopic (exact) mass is 403 g/mol. The molecule has 1 saturated heterocycles. The summed E-state index contributed by atoms with van der Waals surface area (Å²) in [6, 6.07) is 8.09. The number of aromatic amines is 1. The van der Waals surface area contributed by atoms with Crippen LogP contribution in [0.2, 0.25) is 0 Å². The molecule has 1 fully saturated rings. The van der Waals surface area contributed by atoms with E-state index in [-0.39, 0.29) is 11.7 Å². The van der Waals surface area contributed by atoms with Gasteiger partial charge in [-0.3, -0.25) is 4.79 Å². The fraction of sp³-hybridized carbons (Fsp3) is 0.524. The number of ether oxygens (including phenoxy) is 1. The van der Waals surface area contributed by atoms with Crippen LogP contribution in [0.4, 0.5) is 0 Å². The number of thiocarbonyl (C=S) groups is 1. The zero-order valence-corrected chi connectivity index (χ0v) is 17.8. The van der Waals surface area contributed by atoms with E-state index in [4.69, 9.17) is 17.0 Å². The Balaban J connectivity index is 1.75. The predicted octanol–water partition coefficient (Wildman–Crippen LogP) is 0.837. The quantitative estimate of drug-likeness (QED) is 0.598. The second kappa shape index (κ2) is 9.49. The Morgan fingerprint density at radius 3 is 2.93 bits per heavy atom. The van der Waals surface area contributed by atoms with Crippen LogP contribution in [-0.2, 0) is 11.3 Å². The third-order valence-electron chi connectivity index (χ3n) is 5.11. The highest BCUT2D eigenvalue weighted by atomic mass is 32.1. The van der Waals surface area contributed by atoms with Gasteiger partial charge in [-0.25, -0.2) is 0 Å². The van der Waals surface area contributed by atoms with Gasteiger partial charge in [-0.05, 0) is 55.1 Å². The van der Waals surface area contributed by atoms with E-state index >= 15 is 0 Å². The summed E-state index contributed by atoms with van der Waals surface area (Å²) >= 11 is 5.66. The maximum Gasteiger partial charge on any atom is 0.253 e. The van der Waals surface area contributed by atoms with E-state index in [9.17, 15) is 4.79 Å². The van der Waals surface area contributed by atoms with E-state index in [1.54, 1.807) is 0 Å². The molecule has 0 amide bonds. The molecule has 0 unspecified atom stereocenters. The van der Waals surface area contributed by atoms with Crippen molar-refractivity contribution in [1.82, 2.24) is 15.2 Å². The molecule has 0 aliphatic carbocycles. The molecule has 1 aromatic heterocycles. The maximum absolute atomic E-state index is 12.6. The molecule has 0 radical (unpaired) electrons. The third kappa shape index (κ3) is 5.53. The summed E-state index contributed by atoms with van der Waals surface area (Å²) < 4.78 is 5.68. The summed E-state index contributed by atoms with van der Waals surface area (Å²) in [7, 11) is 4.23. The number of hydrogen-bond donors (Lipinski definition) is 3. The van der Waals surface area contributed by atoms with Gasteiger partial charge >= 0.3 is 0 Å². The van der Waals surface area contributed by atoms with Crippen LogP contribution in [0.1, 0.15) is 24.0 Å². The first-order valence-corrected chi connectivity index (χ1v) is 10.4. The van der Waals surface area contributed by atoms with E-state index in [1.807, 2.05) is 25.1 Å². The highest BCUT2D eigenvalue weighted by Crippen LogP contribution is 2.14. The van der Waals surface area contributed by atoms with Crippen LogP contribution in [-0.4, -0.2) is 61.4 Å². The van der Waals surface area contributed by atoms with Gasteiger partial charge in [0, 0.05) is 24.2 Å². The molecule has 6 nitrogen and oxygen atoms in total. The van der Waals surface area contributed by atoms with Crippen molar-refractivity contribution in [3.05, 3.63) is 45.7 Å². The molecule has 2 aromatic rings. The maximum atomic E-state index is 12.6. The van der Waals surface area contributed by atoms with Gasteiger partial charge < -0.3 is 24.8 Å². The van der Waals surface area contributed by atoms with Crippen molar-refractivity contribution >= 4 is 28.2 Å². The molecule has 0 bridgehead atoms. The van der Waals surface area contributed by atoms with Gasteiger partial charge in [0.25, 0.3) is 5.56 Å². The van der Waals surface area contributed by atoms with Crippen LogP contribution in [0.15, 0.2) is 29.1 Å². The fourth-order valence-electron chi connectivity index (χ4n) is 3.41. The highest BCUT2D eigenvalue weighted by Gasteiger charge is 2.18. The number of pyridine rings is 1. The van der Waals surface area contributed by atoms with E-state index in [0.29, 0.717) is 11.7 Å². The first kappa shape index (κ1) is 20.8.